The minimum absolute atomic E-state index is 0.0600. The van der Waals surface area contributed by atoms with Crippen LogP contribution in [0.3, 0.4) is 0 Å². The fourth-order valence-electron chi connectivity index (χ4n) is 2.81. The summed E-state index contributed by atoms with van der Waals surface area (Å²) in [5.74, 6) is -1.66. The van der Waals surface area contributed by atoms with Crippen molar-refractivity contribution in [2.24, 2.45) is 0 Å². The van der Waals surface area contributed by atoms with E-state index in [2.05, 4.69) is 4.74 Å². The number of likely N-dealkylation sites (N-methyl/N-ethyl adjacent to an activating group) is 1. The first-order valence-corrected chi connectivity index (χ1v) is 9.95. The minimum Gasteiger partial charge on any atom is -0.465 e. The molecule has 8 nitrogen and oxygen atoms in total. The lowest BCUT2D eigenvalue weighted by Gasteiger charge is -2.26. The molecule has 0 bridgehead atoms. The van der Waals surface area contributed by atoms with Crippen molar-refractivity contribution in [1.82, 2.24) is 4.90 Å². The number of hydrogen-bond acceptors (Lipinski definition) is 7. The zero-order valence-corrected chi connectivity index (χ0v) is 15.5. The Balaban J connectivity index is 1.93. The number of sulfone groups is 1. The van der Waals surface area contributed by atoms with Gasteiger partial charge in [-0.25, -0.2) is 18.0 Å². The first kappa shape index (κ1) is 19.9. The quantitative estimate of drug-likeness (QED) is 0.664. The van der Waals surface area contributed by atoms with Gasteiger partial charge in [0.1, 0.15) is 0 Å². The Kier molecular flexibility index (Phi) is 6.36. The number of esters is 2. The molecule has 9 heteroatoms. The second-order valence-electron chi connectivity index (χ2n) is 5.88. The van der Waals surface area contributed by atoms with Crippen molar-refractivity contribution in [3.05, 3.63) is 35.4 Å². The molecular formula is C17H21NO7S. The van der Waals surface area contributed by atoms with Gasteiger partial charge in [0, 0.05) is 12.6 Å². The molecule has 142 valence electrons. The molecule has 1 unspecified atom stereocenters. The Morgan fingerprint density at radius 1 is 1.12 bits per heavy atom. The van der Waals surface area contributed by atoms with Crippen LogP contribution in [0.1, 0.15) is 34.1 Å². The zero-order valence-electron chi connectivity index (χ0n) is 14.6. The van der Waals surface area contributed by atoms with Gasteiger partial charge >= 0.3 is 11.9 Å². The van der Waals surface area contributed by atoms with Crippen LogP contribution in [0.5, 0.6) is 0 Å². The van der Waals surface area contributed by atoms with Crippen LogP contribution in [0.25, 0.3) is 0 Å². The number of nitrogens with zero attached hydrogens (tertiary/aromatic N) is 1. The molecule has 1 aromatic carbocycles. The molecule has 0 saturated carbocycles. The third-order valence-corrected chi connectivity index (χ3v) is 5.93. The van der Waals surface area contributed by atoms with Gasteiger partial charge < -0.3 is 14.4 Å². The van der Waals surface area contributed by atoms with Gasteiger partial charge in [-0.2, -0.15) is 0 Å². The van der Waals surface area contributed by atoms with Crippen LogP contribution in [0.2, 0.25) is 0 Å². The molecule has 26 heavy (non-hydrogen) atoms. The Morgan fingerprint density at radius 3 is 2.15 bits per heavy atom. The van der Waals surface area contributed by atoms with Crippen LogP contribution in [0.15, 0.2) is 24.3 Å². The number of benzene rings is 1. The van der Waals surface area contributed by atoms with Crippen molar-refractivity contribution >= 4 is 27.7 Å². The molecule has 0 aliphatic carbocycles. The highest BCUT2D eigenvalue weighted by Gasteiger charge is 2.34. The van der Waals surface area contributed by atoms with E-state index in [1.165, 1.54) is 36.3 Å². The summed E-state index contributed by atoms with van der Waals surface area (Å²) < 4.78 is 32.7. The molecule has 1 amide bonds. The molecule has 1 atom stereocenters. The number of amides is 1. The first-order chi connectivity index (χ1) is 12.3. The van der Waals surface area contributed by atoms with E-state index in [9.17, 15) is 22.8 Å². The maximum absolute atomic E-state index is 12.3. The Bertz CT molecular complexity index is 786. The highest BCUT2D eigenvalue weighted by molar-refractivity contribution is 7.91. The predicted molar refractivity (Wildman–Crippen MR) is 92.5 cm³/mol. The second-order valence-corrected chi connectivity index (χ2v) is 8.11. The average molecular weight is 383 g/mol. The minimum atomic E-state index is -3.11. The topological polar surface area (TPSA) is 107 Å². The van der Waals surface area contributed by atoms with E-state index in [-0.39, 0.29) is 23.1 Å². The van der Waals surface area contributed by atoms with Crippen LogP contribution >= 0.6 is 0 Å². The molecule has 0 aromatic heterocycles. The largest absolute Gasteiger partial charge is 0.465 e. The van der Waals surface area contributed by atoms with E-state index in [1.807, 2.05) is 0 Å². The maximum Gasteiger partial charge on any atom is 0.338 e. The molecule has 0 radical (unpaired) electrons. The molecule has 2 rings (SSSR count). The van der Waals surface area contributed by atoms with Gasteiger partial charge in [-0.15, -0.1) is 0 Å². The number of carbonyl (C=O) groups excluding carboxylic acids is 3. The lowest BCUT2D eigenvalue weighted by Crippen LogP contribution is -2.43. The summed E-state index contributed by atoms with van der Waals surface area (Å²) in [6.07, 6.45) is 0.394. The van der Waals surface area contributed by atoms with E-state index >= 15 is 0 Å². The van der Waals surface area contributed by atoms with Gasteiger partial charge in [0.25, 0.3) is 5.91 Å². The van der Waals surface area contributed by atoms with Gasteiger partial charge in [0.15, 0.2) is 16.4 Å². The summed E-state index contributed by atoms with van der Waals surface area (Å²) in [6.45, 7) is 1.61. The van der Waals surface area contributed by atoms with Crippen LogP contribution < -0.4 is 0 Å². The van der Waals surface area contributed by atoms with Gasteiger partial charge in [-0.3, -0.25) is 4.79 Å². The SMILES string of the molecule is CCN(C(=O)COC(=O)c1ccc(C(=O)OC)cc1)C1CCS(=O)(=O)C1. The first-order valence-electron chi connectivity index (χ1n) is 8.12. The van der Waals surface area contributed by atoms with Crippen LogP contribution in [0.4, 0.5) is 0 Å². The summed E-state index contributed by atoms with van der Waals surface area (Å²) in [6, 6.07) is 5.27. The number of rotatable bonds is 6. The second kappa shape index (κ2) is 8.31. The molecule has 1 fully saturated rings. The summed E-state index contributed by atoms with van der Waals surface area (Å²) in [5, 5.41) is 0. The normalized spacial score (nSPS) is 18.2. The monoisotopic (exact) mass is 383 g/mol. The van der Waals surface area contributed by atoms with Gasteiger partial charge in [0.05, 0.1) is 29.7 Å². The molecule has 0 N–H and O–H groups in total. The van der Waals surface area contributed by atoms with E-state index in [4.69, 9.17) is 4.74 Å². The number of carbonyl (C=O) groups is 3. The van der Waals surface area contributed by atoms with Crippen LogP contribution in [-0.2, 0) is 24.1 Å². The lowest BCUT2D eigenvalue weighted by molar-refractivity contribution is -0.136. The van der Waals surface area contributed by atoms with E-state index in [0.29, 0.717) is 18.5 Å². The number of hydrogen-bond donors (Lipinski definition) is 0. The van der Waals surface area contributed by atoms with Crippen molar-refractivity contribution in [3.8, 4) is 0 Å². The van der Waals surface area contributed by atoms with Crippen molar-refractivity contribution in [3.63, 3.8) is 0 Å². The van der Waals surface area contributed by atoms with Crippen molar-refractivity contribution in [2.45, 2.75) is 19.4 Å². The number of methoxy groups -OCH3 is 1. The average Bonchev–Trinajstić information content (AvgIpc) is 2.99. The molecular weight excluding hydrogens is 362 g/mol. The summed E-state index contributed by atoms with van der Waals surface area (Å²) in [7, 11) is -1.86. The van der Waals surface area contributed by atoms with E-state index in [0.717, 1.165) is 0 Å². The smallest absolute Gasteiger partial charge is 0.338 e. The third-order valence-electron chi connectivity index (χ3n) is 4.18. The van der Waals surface area contributed by atoms with Crippen molar-refractivity contribution in [1.29, 1.82) is 0 Å². The molecule has 1 saturated heterocycles. The van der Waals surface area contributed by atoms with E-state index in [1.54, 1.807) is 6.92 Å². The molecule has 1 aliphatic rings. The Hall–Kier alpha value is -2.42. The molecule has 1 aromatic rings. The fraction of sp³-hybridized carbons (Fsp3) is 0.471. The molecule has 1 aliphatic heterocycles. The van der Waals surface area contributed by atoms with Gasteiger partial charge in [-0.05, 0) is 37.6 Å². The highest BCUT2D eigenvalue weighted by Crippen LogP contribution is 2.18. The van der Waals surface area contributed by atoms with Crippen molar-refractivity contribution in [2.75, 3.05) is 31.8 Å². The number of ether oxygens (including phenoxy) is 2. The van der Waals surface area contributed by atoms with Crippen LogP contribution in [0, 0.1) is 0 Å². The Labute approximate surface area is 152 Å². The van der Waals surface area contributed by atoms with Gasteiger partial charge in [-0.1, -0.05) is 0 Å². The third kappa shape index (κ3) is 4.81. The van der Waals surface area contributed by atoms with Crippen molar-refractivity contribution < 1.29 is 32.3 Å². The predicted octanol–water partition coefficient (Wildman–Crippen LogP) is 0.666. The Morgan fingerprint density at radius 2 is 1.69 bits per heavy atom. The van der Waals surface area contributed by atoms with Gasteiger partial charge in [0.2, 0.25) is 0 Å². The fourth-order valence-corrected chi connectivity index (χ4v) is 4.54. The zero-order chi connectivity index (χ0) is 19.3. The lowest BCUT2D eigenvalue weighted by atomic mass is 10.1. The molecule has 0 spiro atoms. The van der Waals surface area contributed by atoms with Crippen LogP contribution in [-0.4, -0.2) is 69.0 Å². The standard InChI is InChI=1S/C17H21NO7S/c1-3-18(14-8-9-26(22,23)11-14)15(19)10-25-17(21)13-6-4-12(5-7-13)16(20)24-2/h4-7,14H,3,8-11H2,1-2H3. The highest BCUT2D eigenvalue weighted by atomic mass is 32.2. The molecule has 1 heterocycles. The summed E-state index contributed by atoms with van der Waals surface area (Å²) in [4.78, 5) is 37.1. The van der Waals surface area contributed by atoms with E-state index < -0.39 is 34.3 Å². The maximum atomic E-state index is 12.3. The summed E-state index contributed by atoms with van der Waals surface area (Å²) >= 11 is 0. The summed E-state index contributed by atoms with van der Waals surface area (Å²) in [5.41, 5.74) is 0.483.